The first kappa shape index (κ1) is 14.3. The summed E-state index contributed by atoms with van der Waals surface area (Å²) in [7, 11) is 0. The molecule has 0 radical (unpaired) electrons. The van der Waals surface area contributed by atoms with Crippen LogP contribution in [0.25, 0.3) is 3.58 Å². The first-order chi connectivity index (χ1) is 7.15. The lowest BCUT2D eigenvalue weighted by Gasteiger charge is -2.05. The van der Waals surface area contributed by atoms with Gasteiger partial charge in [-0.2, -0.15) is 0 Å². The first-order valence-electron chi connectivity index (χ1n) is 5.01. The molecule has 0 unspecified atom stereocenters. The summed E-state index contributed by atoms with van der Waals surface area (Å²) >= 11 is 7.14. The average Bonchev–Trinajstić information content (AvgIpc) is 2.55. The van der Waals surface area contributed by atoms with Crippen molar-refractivity contribution in [2.45, 2.75) is 33.1 Å². The molecule has 4 heteroatoms. The van der Waals surface area contributed by atoms with Gasteiger partial charge in [0.25, 0.3) is 0 Å². The van der Waals surface area contributed by atoms with Crippen LogP contribution in [-0.4, -0.2) is 2.78 Å². The third-order valence-corrected chi connectivity index (χ3v) is 6.04. The summed E-state index contributed by atoms with van der Waals surface area (Å²) in [6.45, 7) is 4.45. The number of nitrogens with zero attached hydrogens (tertiary/aromatic N) is 1. The lowest BCUT2D eigenvalue weighted by molar-refractivity contribution is 0.920. The minimum atomic E-state index is 1.10. The van der Waals surface area contributed by atoms with Crippen LogP contribution in [0.5, 0.6) is 0 Å². The van der Waals surface area contributed by atoms with E-state index in [0.29, 0.717) is 0 Å². The fourth-order valence-corrected chi connectivity index (χ4v) is 3.99. The van der Waals surface area contributed by atoms with Crippen molar-refractivity contribution in [3.63, 3.8) is 0 Å². The van der Waals surface area contributed by atoms with Gasteiger partial charge in [-0.05, 0) is 51.1 Å². The van der Waals surface area contributed by atoms with Crippen LogP contribution in [0.15, 0.2) is 10.1 Å². The van der Waals surface area contributed by atoms with Gasteiger partial charge in [-0.25, -0.2) is 0 Å². The Morgan fingerprint density at radius 2 is 2.13 bits per heavy atom. The Hall–Kier alpha value is 1.21. The van der Waals surface area contributed by atoms with Gasteiger partial charge in [0, 0.05) is 9.27 Å². The number of aromatic nitrogens is 1. The van der Waals surface area contributed by atoms with E-state index in [4.69, 9.17) is 0 Å². The second-order valence-corrected chi connectivity index (χ2v) is 6.10. The molecule has 0 saturated carbocycles. The summed E-state index contributed by atoms with van der Waals surface area (Å²) in [6, 6.07) is 2.35. The van der Waals surface area contributed by atoms with E-state index in [2.05, 4.69) is 94.8 Å². The van der Waals surface area contributed by atoms with E-state index in [-0.39, 0.29) is 0 Å². The van der Waals surface area contributed by atoms with Gasteiger partial charge < -0.3 is 0 Å². The molecule has 15 heavy (non-hydrogen) atoms. The predicted molar refractivity (Wildman–Crippen MR) is 93.2 cm³/mol. The van der Waals surface area contributed by atoms with Crippen LogP contribution in [0, 0.1) is 0 Å². The van der Waals surface area contributed by atoms with Gasteiger partial charge in [0.2, 0.25) is 0 Å². The van der Waals surface area contributed by atoms with Crippen LogP contribution in [0.4, 0.5) is 0 Å². The third kappa shape index (κ3) is 3.34. The van der Waals surface area contributed by atoms with Crippen LogP contribution in [-0.2, 0) is 12.8 Å². The maximum Gasteiger partial charge on any atom is 0.0677 e. The quantitative estimate of drug-likeness (QED) is 0.453. The highest BCUT2D eigenvalue weighted by Crippen LogP contribution is 2.32. The average molecular weight is 541 g/mol. The molecule has 0 saturated heterocycles. The highest BCUT2D eigenvalue weighted by molar-refractivity contribution is 14.1. The molecule has 0 spiro atoms. The zero-order valence-electron chi connectivity index (χ0n) is 8.86. The molecule has 1 rings (SSSR count). The van der Waals surface area contributed by atoms with Gasteiger partial charge in [-0.1, -0.05) is 42.9 Å². The molecule has 1 aromatic rings. The van der Waals surface area contributed by atoms with E-state index >= 15 is 0 Å². The number of halogens is 3. The monoisotopic (exact) mass is 541 g/mol. The minimum Gasteiger partial charge on any atom is -0.286 e. The summed E-state index contributed by atoms with van der Waals surface area (Å²) in [5.74, 6) is 0. The maximum absolute atomic E-state index is 2.42. The standard InChI is InChI=1S/C11H14I3N/c1-3-5-8-6-9(4-2)15(14)11(8)10(13)7-12/h6-7H,3-5H2,1-2H3/b10-7+. The van der Waals surface area contributed by atoms with Crippen molar-refractivity contribution >= 4 is 71.6 Å². The summed E-state index contributed by atoms with van der Waals surface area (Å²) < 4.78 is 5.80. The van der Waals surface area contributed by atoms with E-state index in [1.807, 2.05) is 0 Å². The molecule has 0 fully saturated rings. The Bertz CT molecular complexity index is 366. The fourth-order valence-electron chi connectivity index (χ4n) is 1.60. The van der Waals surface area contributed by atoms with Crippen LogP contribution in [0.2, 0.25) is 0 Å². The molecule has 1 aromatic heterocycles. The molecule has 0 aliphatic carbocycles. The summed E-state index contributed by atoms with van der Waals surface area (Å²) in [5, 5.41) is 0. The van der Waals surface area contributed by atoms with Gasteiger partial charge in [0.1, 0.15) is 0 Å². The molecule has 0 aliphatic heterocycles. The van der Waals surface area contributed by atoms with Crippen LogP contribution < -0.4 is 0 Å². The fraction of sp³-hybridized carbons (Fsp3) is 0.455. The Morgan fingerprint density at radius 1 is 1.47 bits per heavy atom. The summed E-state index contributed by atoms with van der Waals surface area (Å²) in [4.78, 5) is 0. The molecule has 84 valence electrons. The largest absolute Gasteiger partial charge is 0.286 e. The molecule has 1 nitrogen and oxygen atoms in total. The molecule has 0 aliphatic rings. The zero-order valence-corrected chi connectivity index (χ0v) is 15.3. The predicted octanol–water partition coefficient (Wildman–Crippen LogP) is 5.37. The number of hydrogen-bond donors (Lipinski definition) is 0. The molecule has 0 aromatic carbocycles. The molecule has 0 atom stereocenters. The van der Waals surface area contributed by atoms with Crippen molar-refractivity contribution in [2.75, 3.05) is 0 Å². The lowest BCUT2D eigenvalue weighted by atomic mass is 10.1. The van der Waals surface area contributed by atoms with Crippen LogP contribution in [0.1, 0.15) is 37.2 Å². The summed E-state index contributed by atoms with van der Waals surface area (Å²) in [5.41, 5.74) is 4.30. The Balaban J connectivity index is 3.25. The molecular weight excluding hydrogens is 527 g/mol. The normalized spacial score (nSPS) is 12.2. The Labute approximate surface area is 133 Å². The van der Waals surface area contributed by atoms with Crippen molar-refractivity contribution in [1.82, 2.24) is 2.78 Å². The van der Waals surface area contributed by atoms with Gasteiger partial charge in [0.15, 0.2) is 0 Å². The Morgan fingerprint density at radius 3 is 2.60 bits per heavy atom. The van der Waals surface area contributed by atoms with Gasteiger partial charge in [0.05, 0.1) is 28.6 Å². The van der Waals surface area contributed by atoms with Crippen LogP contribution in [0.3, 0.4) is 0 Å². The van der Waals surface area contributed by atoms with Crippen molar-refractivity contribution in [3.05, 3.63) is 27.1 Å². The van der Waals surface area contributed by atoms with E-state index in [0.717, 1.165) is 6.42 Å². The van der Waals surface area contributed by atoms with E-state index in [1.54, 1.807) is 0 Å². The van der Waals surface area contributed by atoms with Crippen molar-refractivity contribution in [1.29, 1.82) is 0 Å². The van der Waals surface area contributed by atoms with Crippen molar-refractivity contribution in [2.24, 2.45) is 0 Å². The molecule has 0 N–H and O–H groups in total. The molecule has 0 bridgehead atoms. The van der Waals surface area contributed by atoms with Gasteiger partial charge >= 0.3 is 0 Å². The van der Waals surface area contributed by atoms with E-state index in [9.17, 15) is 0 Å². The highest BCUT2D eigenvalue weighted by Gasteiger charge is 2.13. The highest BCUT2D eigenvalue weighted by atomic mass is 127. The summed E-state index contributed by atoms with van der Waals surface area (Å²) in [6.07, 6.45) is 3.49. The lowest BCUT2D eigenvalue weighted by Crippen LogP contribution is -1.93. The molecule has 1 heterocycles. The smallest absolute Gasteiger partial charge is 0.0677 e. The Kier molecular flexibility index (Phi) is 6.50. The third-order valence-electron chi connectivity index (χ3n) is 2.30. The second-order valence-electron chi connectivity index (χ2n) is 3.35. The van der Waals surface area contributed by atoms with Crippen molar-refractivity contribution < 1.29 is 0 Å². The minimum absolute atomic E-state index is 1.10. The SMILES string of the molecule is CCCc1cc(CC)n(I)c1/C(I)=C\I. The van der Waals surface area contributed by atoms with Crippen LogP contribution >= 0.6 is 68.0 Å². The topological polar surface area (TPSA) is 4.93 Å². The van der Waals surface area contributed by atoms with Crippen molar-refractivity contribution in [3.8, 4) is 0 Å². The number of aryl methyl sites for hydroxylation is 2. The first-order valence-corrected chi connectivity index (χ1v) is 8.30. The number of hydrogen-bond acceptors (Lipinski definition) is 0. The van der Waals surface area contributed by atoms with Gasteiger partial charge in [-0.3, -0.25) is 2.78 Å². The maximum atomic E-state index is 2.42. The molecule has 0 amide bonds. The molecular formula is C11H14I3N. The zero-order chi connectivity index (χ0) is 11.4. The van der Waals surface area contributed by atoms with Gasteiger partial charge in [-0.15, -0.1) is 0 Å². The van der Waals surface area contributed by atoms with E-state index in [1.165, 1.54) is 33.4 Å². The number of rotatable bonds is 4. The second kappa shape index (κ2) is 6.83. The van der Waals surface area contributed by atoms with E-state index < -0.39 is 0 Å².